The van der Waals surface area contributed by atoms with Crippen molar-refractivity contribution in [3.8, 4) is 0 Å². The minimum Gasteiger partial charge on any atom is -0.405 e. The molecular formula is C32H45N3. The van der Waals surface area contributed by atoms with Crippen molar-refractivity contribution in [3.63, 3.8) is 0 Å². The summed E-state index contributed by atoms with van der Waals surface area (Å²) in [4.78, 5) is 6.81. The van der Waals surface area contributed by atoms with E-state index in [4.69, 9.17) is 5.73 Å². The number of pyridine rings is 1. The maximum absolute atomic E-state index is 5.75. The molecule has 0 unspecified atom stereocenters. The topological polar surface area (TPSA) is 42.1 Å². The van der Waals surface area contributed by atoms with Crippen LogP contribution in [0.5, 0.6) is 0 Å². The van der Waals surface area contributed by atoms with E-state index in [0.717, 1.165) is 55.2 Å². The van der Waals surface area contributed by atoms with Crippen LogP contribution in [0, 0.1) is 0 Å². The Labute approximate surface area is 214 Å². The SMILES string of the molecule is C=C(C(/C=C\N)=C/Cc1ccccn1)N(CCC)CCc1ccc(C2CCCCC2)cc1.C=CC. The summed E-state index contributed by atoms with van der Waals surface area (Å²) < 4.78 is 0. The molecule has 2 N–H and O–H groups in total. The van der Waals surface area contributed by atoms with Crippen LogP contribution in [0.25, 0.3) is 0 Å². The van der Waals surface area contributed by atoms with Gasteiger partial charge in [0.1, 0.15) is 0 Å². The summed E-state index contributed by atoms with van der Waals surface area (Å²) in [5.41, 5.74) is 11.8. The monoisotopic (exact) mass is 471 g/mol. The van der Waals surface area contributed by atoms with E-state index in [1.54, 1.807) is 12.3 Å². The van der Waals surface area contributed by atoms with Crippen LogP contribution < -0.4 is 5.73 Å². The largest absolute Gasteiger partial charge is 0.405 e. The van der Waals surface area contributed by atoms with Gasteiger partial charge >= 0.3 is 0 Å². The van der Waals surface area contributed by atoms with Gasteiger partial charge in [-0.05, 0) is 79.6 Å². The molecule has 2 aromatic rings. The Kier molecular flexibility index (Phi) is 13.3. The van der Waals surface area contributed by atoms with Crippen LogP contribution in [0.4, 0.5) is 0 Å². The van der Waals surface area contributed by atoms with E-state index in [-0.39, 0.29) is 0 Å². The number of hydrogen-bond acceptors (Lipinski definition) is 3. The molecule has 0 bridgehead atoms. The Bertz CT molecular complexity index is 919. The molecule has 188 valence electrons. The van der Waals surface area contributed by atoms with E-state index < -0.39 is 0 Å². The number of rotatable bonds is 11. The van der Waals surface area contributed by atoms with Crippen molar-refractivity contribution in [2.24, 2.45) is 5.73 Å². The van der Waals surface area contributed by atoms with E-state index in [1.165, 1.54) is 43.2 Å². The van der Waals surface area contributed by atoms with Gasteiger partial charge in [-0.2, -0.15) is 0 Å². The highest BCUT2D eigenvalue weighted by molar-refractivity contribution is 5.38. The van der Waals surface area contributed by atoms with E-state index in [1.807, 2.05) is 37.4 Å². The summed E-state index contributed by atoms with van der Waals surface area (Å²) in [6.45, 7) is 13.8. The molecule has 0 amide bonds. The zero-order chi connectivity index (χ0) is 25.3. The number of hydrogen-bond donors (Lipinski definition) is 1. The third-order valence-corrected chi connectivity index (χ3v) is 6.47. The summed E-state index contributed by atoms with van der Waals surface area (Å²) in [6.07, 6.45) is 19.1. The number of aromatic nitrogens is 1. The van der Waals surface area contributed by atoms with E-state index >= 15 is 0 Å². The van der Waals surface area contributed by atoms with Crippen LogP contribution in [0.2, 0.25) is 0 Å². The quantitative estimate of drug-likeness (QED) is 0.269. The van der Waals surface area contributed by atoms with Crippen LogP contribution in [0.3, 0.4) is 0 Å². The summed E-state index contributed by atoms with van der Waals surface area (Å²) in [6, 6.07) is 15.4. The van der Waals surface area contributed by atoms with Gasteiger partial charge in [-0.25, -0.2) is 0 Å². The molecule has 1 aromatic heterocycles. The second-order valence-electron chi connectivity index (χ2n) is 9.21. The molecule has 0 spiro atoms. The standard InChI is InChI=1S/C29H39N3.C3H6/c1-3-22-32(24(2)26(18-20-30)16-17-29-11-7-8-21-31-29)23-19-25-12-14-28(15-13-25)27-9-5-4-6-10-27;1-3-2/h7-8,11-16,18,20-21,27H,2-6,9-10,17,19,22-23,30H2,1H3;3H,1H2,2H3/b20-18-,26-16+;. The lowest BCUT2D eigenvalue weighted by molar-refractivity contribution is 0.356. The lowest BCUT2D eigenvalue weighted by atomic mass is 9.84. The summed E-state index contributed by atoms with van der Waals surface area (Å²) in [7, 11) is 0. The van der Waals surface area contributed by atoms with Gasteiger partial charge in [-0.15, -0.1) is 6.58 Å². The second kappa shape index (κ2) is 16.5. The third kappa shape index (κ3) is 9.98. The Morgan fingerprint density at radius 3 is 2.40 bits per heavy atom. The molecule has 1 saturated carbocycles. The lowest BCUT2D eigenvalue weighted by Crippen LogP contribution is -2.27. The first-order valence-electron chi connectivity index (χ1n) is 13.2. The first-order chi connectivity index (χ1) is 17.1. The first-order valence-corrected chi connectivity index (χ1v) is 13.2. The number of benzene rings is 1. The van der Waals surface area contributed by atoms with Crippen molar-refractivity contribution in [1.29, 1.82) is 0 Å². The van der Waals surface area contributed by atoms with Gasteiger partial charge in [0.2, 0.25) is 0 Å². The fourth-order valence-electron chi connectivity index (χ4n) is 4.61. The normalized spacial score (nSPS) is 14.3. The predicted octanol–water partition coefficient (Wildman–Crippen LogP) is 7.73. The molecule has 0 atom stereocenters. The molecule has 1 aliphatic carbocycles. The Morgan fingerprint density at radius 1 is 1.09 bits per heavy atom. The van der Waals surface area contributed by atoms with Crippen LogP contribution in [0.1, 0.15) is 75.1 Å². The van der Waals surface area contributed by atoms with E-state index in [9.17, 15) is 0 Å². The molecule has 3 nitrogen and oxygen atoms in total. The van der Waals surface area contributed by atoms with Crippen molar-refractivity contribution in [2.75, 3.05) is 13.1 Å². The number of nitrogens with zero attached hydrogens (tertiary/aromatic N) is 2. The summed E-state index contributed by atoms with van der Waals surface area (Å²) >= 11 is 0. The highest BCUT2D eigenvalue weighted by Gasteiger charge is 2.15. The van der Waals surface area contributed by atoms with Crippen LogP contribution in [0.15, 0.2) is 97.5 Å². The summed E-state index contributed by atoms with van der Waals surface area (Å²) in [5, 5.41) is 0. The Morgan fingerprint density at radius 2 is 1.80 bits per heavy atom. The minimum absolute atomic E-state index is 0.766. The van der Waals surface area contributed by atoms with Gasteiger partial charge in [-0.3, -0.25) is 4.98 Å². The molecule has 3 rings (SSSR count). The molecule has 1 heterocycles. The molecule has 1 aromatic carbocycles. The fourth-order valence-corrected chi connectivity index (χ4v) is 4.61. The molecule has 0 aliphatic heterocycles. The Balaban J connectivity index is 0.00000137. The smallest absolute Gasteiger partial charge is 0.0441 e. The average Bonchev–Trinajstić information content (AvgIpc) is 2.90. The van der Waals surface area contributed by atoms with Gasteiger partial charge < -0.3 is 10.6 Å². The molecular weight excluding hydrogens is 426 g/mol. The summed E-state index contributed by atoms with van der Waals surface area (Å²) in [5.74, 6) is 0.768. The van der Waals surface area contributed by atoms with Gasteiger partial charge in [0.05, 0.1) is 0 Å². The fraction of sp³-hybridized carbons (Fsp3) is 0.406. The molecule has 3 heteroatoms. The average molecular weight is 472 g/mol. The Hall–Kier alpha value is -3.07. The van der Waals surface area contributed by atoms with Crippen molar-refractivity contribution in [2.45, 2.75) is 71.1 Å². The zero-order valence-electron chi connectivity index (χ0n) is 22.0. The van der Waals surface area contributed by atoms with Gasteiger partial charge in [0.25, 0.3) is 0 Å². The maximum Gasteiger partial charge on any atom is 0.0441 e. The second-order valence-corrected chi connectivity index (χ2v) is 9.21. The van der Waals surface area contributed by atoms with Crippen LogP contribution in [-0.4, -0.2) is 23.0 Å². The minimum atomic E-state index is 0.766. The van der Waals surface area contributed by atoms with Crippen LogP contribution in [-0.2, 0) is 12.8 Å². The first kappa shape index (κ1) is 28.2. The van der Waals surface area contributed by atoms with Gasteiger partial charge in [-0.1, -0.05) is 75.2 Å². The van der Waals surface area contributed by atoms with E-state index in [0.29, 0.717) is 0 Å². The van der Waals surface area contributed by atoms with Crippen molar-refractivity contribution < 1.29 is 0 Å². The highest BCUT2D eigenvalue weighted by Crippen LogP contribution is 2.32. The molecule has 1 aliphatic rings. The lowest BCUT2D eigenvalue weighted by Gasteiger charge is -2.27. The van der Waals surface area contributed by atoms with Crippen LogP contribution >= 0.6 is 0 Å². The predicted molar refractivity (Wildman–Crippen MR) is 152 cm³/mol. The van der Waals surface area contributed by atoms with Crippen molar-refractivity contribution in [3.05, 3.63) is 114 Å². The number of nitrogens with two attached hydrogens (primary N) is 1. The van der Waals surface area contributed by atoms with Crippen molar-refractivity contribution >= 4 is 0 Å². The maximum atomic E-state index is 5.75. The van der Waals surface area contributed by atoms with E-state index in [2.05, 4.69) is 60.3 Å². The van der Waals surface area contributed by atoms with Gasteiger partial charge in [0.15, 0.2) is 0 Å². The third-order valence-electron chi connectivity index (χ3n) is 6.47. The molecule has 0 radical (unpaired) electrons. The van der Waals surface area contributed by atoms with Crippen molar-refractivity contribution in [1.82, 2.24) is 9.88 Å². The zero-order valence-corrected chi connectivity index (χ0v) is 22.0. The molecule has 1 fully saturated rings. The van der Waals surface area contributed by atoms with Gasteiger partial charge in [0, 0.05) is 37.1 Å². The highest BCUT2D eigenvalue weighted by atomic mass is 15.1. The number of allylic oxidation sites excluding steroid dienone is 3. The molecule has 35 heavy (non-hydrogen) atoms. The molecule has 0 saturated heterocycles.